The minimum absolute atomic E-state index is 0.0654. The molecule has 0 unspecified atom stereocenters. The number of methoxy groups -OCH3 is 1. The first kappa shape index (κ1) is 30.6. The lowest BCUT2D eigenvalue weighted by Crippen LogP contribution is -2.52. The normalized spacial score (nSPS) is 11.9. The summed E-state index contributed by atoms with van der Waals surface area (Å²) < 4.78 is 47.5. The van der Waals surface area contributed by atoms with Crippen molar-refractivity contribution in [2.45, 2.75) is 50.6 Å². The SMILES string of the molecule is CCCCNC(=O)[C@H](CC)N(Cc1ccccc1)C(=O)CN(c1ccc(F)cc1)S(=O)(=O)c1ccc(OC)cc1. The van der Waals surface area contributed by atoms with Gasteiger partial charge in [-0.25, -0.2) is 12.8 Å². The average Bonchev–Trinajstić information content (AvgIpc) is 2.97. The third kappa shape index (κ3) is 7.81. The van der Waals surface area contributed by atoms with Crippen LogP contribution in [-0.2, 0) is 26.2 Å². The van der Waals surface area contributed by atoms with Gasteiger partial charge >= 0.3 is 0 Å². The average molecular weight is 570 g/mol. The van der Waals surface area contributed by atoms with Gasteiger partial charge < -0.3 is 15.0 Å². The number of sulfonamides is 1. The first-order chi connectivity index (χ1) is 19.2. The molecule has 0 aliphatic rings. The van der Waals surface area contributed by atoms with Crippen molar-refractivity contribution in [1.29, 1.82) is 0 Å². The Hall–Kier alpha value is -3.92. The van der Waals surface area contributed by atoms with E-state index in [-0.39, 0.29) is 23.0 Å². The van der Waals surface area contributed by atoms with Crippen molar-refractivity contribution in [3.8, 4) is 5.75 Å². The van der Waals surface area contributed by atoms with Crippen LogP contribution >= 0.6 is 0 Å². The Morgan fingerprint density at radius 2 is 1.60 bits per heavy atom. The van der Waals surface area contributed by atoms with Gasteiger partial charge in [-0.3, -0.25) is 13.9 Å². The minimum Gasteiger partial charge on any atom is -0.497 e. The largest absolute Gasteiger partial charge is 0.497 e. The highest BCUT2D eigenvalue weighted by Gasteiger charge is 2.33. The van der Waals surface area contributed by atoms with E-state index in [0.29, 0.717) is 18.7 Å². The Labute approximate surface area is 235 Å². The summed E-state index contributed by atoms with van der Waals surface area (Å²) >= 11 is 0. The van der Waals surface area contributed by atoms with Gasteiger partial charge in [0.2, 0.25) is 11.8 Å². The first-order valence-corrected chi connectivity index (χ1v) is 14.7. The molecule has 0 radical (unpaired) electrons. The monoisotopic (exact) mass is 569 g/mol. The van der Waals surface area contributed by atoms with E-state index < -0.39 is 34.3 Å². The highest BCUT2D eigenvalue weighted by Crippen LogP contribution is 2.26. The van der Waals surface area contributed by atoms with Crippen molar-refractivity contribution in [3.05, 3.63) is 90.2 Å². The van der Waals surface area contributed by atoms with Gasteiger partial charge in [-0.2, -0.15) is 0 Å². The van der Waals surface area contributed by atoms with Crippen LogP contribution in [0.15, 0.2) is 83.8 Å². The molecule has 3 aromatic rings. The fraction of sp³-hybridized carbons (Fsp3) is 0.333. The standard InChI is InChI=1S/C30H36FN3O5S/c1-4-6-20-32-30(36)28(5-2)33(21-23-10-8-7-9-11-23)29(35)22-34(25-14-12-24(31)13-15-25)40(37,38)27-18-16-26(39-3)17-19-27/h7-19,28H,4-6,20-22H2,1-3H3,(H,32,36)/t28-/m0/s1. The van der Waals surface area contributed by atoms with E-state index in [1.807, 2.05) is 37.3 Å². The zero-order valence-corrected chi connectivity index (χ0v) is 23.9. The van der Waals surface area contributed by atoms with E-state index in [4.69, 9.17) is 4.74 Å². The summed E-state index contributed by atoms with van der Waals surface area (Å²) in [4.78, 5) is 28.5. The molecular weight excluding hydrogens is 533 g/mol. The minimum atomic E-state index is -4.26. The molecule has 0 bridgehead atoms. The molecule has 0 saturated carbocycles. The van der Waals surface area contributed by atoms with Crippen LogP contribution in [0.2, 0.25) is 0 Å². The summed E-state index contributed by atoms with van der Waals surface area (Å²) in [6.07, 6.45) is 2.03. The summed E-state index contributed by atoms with van der Waals surface area (Å²) in [5.74, 6) is -0.941. The number of benzene rings is 3. The highest BCUT2D eigenvalue weighted by atomic mass is 32.2. The van der Waals surface area contributed by atoms with E-state index in [9.17, 15) is 22.4 Å². The summed E-state index contributed by atoms with van der Waals surface area (Å²) in [5, 5.41) is 2.90. The van der Waals surface area contributed by atoms with Crippen molar-refractivity contribution in [2.24, 2.45) is 0 Å². The number of carbonyl (C=O) groups is 2. The van der Waals surface area contributed by atoms with Crippen molar-refractivity contribution in [2.75, 3.05) is 24.5 Å². The zero-order chi connectivity index (χ0) is 29.1. The fourth-order valence-electron chi connectivity index (χ4n) is 4.22. The van der Waals surface area contributed by atoms with Gasteiger partial charge in [-0.05, 0) is 66.9 Å². The summed E-state index contributed by atoms with van der Waals surface area (Å²) in [7, 11) is -2.79. The first-order valence-electron chi connectivity index (χ1n) is 13.2. The Bertz CT molecular complexity index is 1350. The number of amides is 2. The third-order valence-corrected chi connectivity index (χ3v) is 8.24. The van der Waals surface area contributed by atoms with Gasteiger partial charge in [0.25, 0.3) is 10.0 Å². The van der Waals surface area contributed by atoms with Gasteiger partial charge in [-0.1, -0.05) is 50.6 Å². The molecule has 2 amide bonds. The van der Waals surface area contributed by atoms with Crippen LogP contribution in [-0.4, -0.2) is 51.4 Å². The van der Waals surface area contributed by atoms with Crippen molar-refractivity contribution < 1.29 is 27.1 Å². The van der Waals surface area contributed by atoms with Crippen LogP contribution in [0, 0.1) is 5.82 Å². The van der Waals surface area contributed by atoms with Crippen molar-refractivity contribution in [3.63, 3.8) is 0 Å². The maximum absolute atomic E-state index is 14.0. The van der Waals surface area contributed by atoms with Crippen molar-refractivity contribution >= 4 is 27.5 Å². The van der Waals surface area contributed by atoms with Crippen LogP contribution in [0.25, 0.3) is 0 Å². The molecule has 40 heavy (non-hydrogen) atoms. The van der Waals surface area contributed by atoms with Gasteiger partial charge in [0, 0.05) is 13.1 Å². The fourth-order valence-corrected chi connectivity index (χ4v) is 5.63. The molecule has 10 heteroatoms. The molecule has 8 nitrogen and oxygen atoms in total. The molecule has 3 rings (SSSR count). The topological polar surface area (TPSA) is 96.0 Å². The number of nitrogens with one attached hydrogen (secondary N) is 1. The molecule has 0 fully saturated rings. The van der Waals surface area contributed by atoms with E-state index in [0.717, 1.165) is 34.8 Å². The highest BCUT2D eigenvalue weighted by molar-refractivity contribution is 7.92. The number of unbranched alkanes of at least 4 members (excludes halogenated alkanes) is 1. The molecule has 0 aromatic heterocycles. The van der Waals surface area contributed by atoms with Gasteiger partial charge in [0.15, 0.2) is 0 Å². The van der Waals surface area contributed by atoms with Gasteiger partial charge in [0.1, 0.15) is 24.2 Å². The summed E-state index contributed by atoms with van der Waals surface area (Å²) in [6, 6.07) is 19.0. The molecule has 0 heterocycles. The lowest BCUT2D eigenvalue weighted by atomic mass is 10.1. The van der Waals surface area contributed by atoms with Crippen molar-refractivity contribution in [1.82, 2.24) is 10.2 Å². The Kier molecular flexibility index (Phi) is 11.1. The molecule has 0 saturated heterocycles. The second-order valence-corrected chi connectivity index (χ2v) is 11.1. The molecule has 0 aliphatic heterocycles. The van der Waals surface area contributed by atoms with Crippen LogP contribution in [0.5, 0.6) is 5.75 Å². The number of hydrogen-bond acceptors (Lipinski definition) is 5. The smallest absolute Gasteiger partial charge is 0.264 e. The zero-order valence-electron chi connectivity index (χ0n) is 23.0. The van der Waals surface area contributed by atoms with E-state index in [2.05, 4.69) is 5.32 Å². The molecule has 0 spiro atoms. The number of anilines is 1. The summed E-state index contributed by atoms with van der Waals surface area (Å²) in [5.41, 5.74) is 0.910. The molecule has 0 aliphatic carbocycles. The maximum atomic E-state index is 14.0. The predicted octanol–water partition coefficient (Wildman–Crippen LogP) is 4.75. The van der Waals surface area contributed by atoms with E-state index in [1.54, 1.807) is 6.92 Å². The second kappa shape index (κ2) is 14.5. The molecular formula is C30H36FN3O5S. The lowest BCUT2D eigenvalue weighted by Gasteiger charge is -2.33. The quantitative estimate of drug-likeness (QED) is 0.283. The number of nitrogens with zero attached hydrogens (tertiary/aromatic N) is 2. The number of hydrogen-bond donors (Lipinski definition) is 1. The van der Waals surface area contributed by atoms with Gasteiger partial charge in [-0.15, -0.1) is 0 Å². The van der Waals surface area contributed by atoms with Crippen LogP contribution in [0.4, 0.5) is 10.1 Å². The van der Waals surface area contributed by atoms with Crippen LogP contribution in [0.3, 0.4) is 0 Å². The molecule has 3 aromatic carbocycles. The third-order valence-electron chi connectivity index (χ3n) is 6.45. The molecule has 214 valence electrons. The second-order valence-electron chi connectivity index (χ2n) is 9.24. The Balaban J connectivity index is 2.01. The molecule has 1 N–H and O–H groups in total. The number of carbonyl (C=O) groups excluding carboxylic acids is 2. The predicted molar refractivity (Wildman–Crippen MR) is 153 cm³/mol. The molecule has 1 atom stereocenters. The summed E-state index contributed by atoms with van der Waals surface area (Å²) in [6.45, 7) is 3.82. The number of ether oxygens (including phenoxy) is 1. The Morgan fingerprint density at radius 3 is 2.17 bits per heavy atom. The maximum Gasteiger partial charge on any atom is 0.264 e. The number of halogens is 1. The lowest BCUT2D eigenvalue weighted by molar-refractivity contribution is -0.140. The van der Waals surface area contributed by atoms with Crippen LogP contribution < -0.4 is 14.4 Å². The Morgan fingerprint density at radius 1 is 0.950 bits per heavy atom. The number of rotatable bonds is 14. The van der Waals surface area contributed by atoms with E-state index >= 15 is 0 Å². The van der Waals surface area contributed by atoms with E-state index in [1.165, 1.54) is 48.4 Å². The van der Waals surface area contributed by atoms with Crippen LogP contribution in [0.1, 0.15) is 38.7 Å². The van der Waals surface area contributed by atoms with Gasteiger partial charge in [0.05, 0.1) is 17.7 Å².